The second kappa shape index (κ2) is 4.28. The number of rotatable bonds is 3. The first-order valence-corrected chi connectivity index (χ1v) is 4.30. The van der Waals surface area contributed by atoms with Crippen LogP contribution in [0.2, 0.25) is 0 Å². The number of aliphatic hydroxyl groups excluding tert-OH is 1. The Hall–Kier alpha value is -0.640. The van der Waals surface area contributed by atoms with Gasteiger partial charge in [0, 0.05) is 11.4 Å². The molecular formula is C8H11NOS. The molecule has 0 radical (unpaired) electrons. The topological polar surface area (TPSA) is 46.2 Å². The fourth-order valence-electron chi connectivity index (χ4n) is 0.671. The molecule has 1 aromatic heterocycles. The zero-order chi connectivity index (χ0) is 8.10. The molecule has 0 spiro atoms. The minimum Gasteiger partial charge on any atom is -0.388 e. The number of hydrogen-bond donors (Lipinski definition) is 2. The van der Waals surface area contributed by atoms with Gasteiger partial charge in [-0.15, -0.1) is 11.3 Å². The van der Waals surface area contributed by atoms with Crippen molar-refractivity contribution in [1.29, 1.82) is 0 Å². The van der Waals surface area contributed by atoms with Crippen LogP contribution in [0.3, 0.4) is 0 Å². The standard InChI is InChI=1S/C8H11NOS/c9-6-7(10)3-4-8-2-1-5-11-8/h1-5,7,10H,6,9H2/b4-3+. The molecule has 2 nitrogen and oxygen atoms in total. The molecule has 0 amide bonds. The number of hydrogen-bond acceptors (Lipinski definition) is 3. The highest BCUT2D eigenvalue weighted by atomic mass is 32.1. The summed E-state index contributed by atoms with van der Waals surface area (Å²) in [6, 6.07) is 3.96. The molecule has 0 fully saturated rings. The van der Waals surface area contributed by atoms with Gasteiger partial charge < -0.3 is 10.8 Å². The Balaban J connectivity index is 2.48. The van der Waals surface area contributed by atoms with E-state index in [-0.39, 0.29) is 6.54 Å². The van der Waals surface area contributed by atoms with Crippen LogP contribution in [0.15, 0.2) is 23.6 Å². The second-order valence-electron chi connectivity index (χ2n) is 2.18. The molecule has 1 aromatic rings. The third-order valence-corrected chi connectivity index (χ3v) is 2.10. The van der Waals surface area contributed by atoms with Crippen molar-refractivity contribution in [3.63, 3.8) is 0 Å². The first-order valence-electron chi connectivity index (χ1n) is 3.43. The third kappa shape index (κ3) is 2.84. The van der Waals surface area contributed by atoms with Gasteiger partial charge >= 0.3 is 0 Å². The van der Waals surface area contributed by atoms with Crippen molar-refractivity contribution in [2.45, 2.75) is 6.10 Å². The number of thiophene rings is 1. The molecule has 1 atom stereocenters. The Bertz CT molecular complexity index is 218. The normalized spacial score (nSPS) is 14.0. The molecule has 0 bridgehead atoms. The van der Waals surface area contributed by atoms with Crippen LogP contribution in [-0.4, -0.2) is 17.8 Å². The lowest BCUT2D eigenvalue weighted by Gasteiger charge is -1.97. The summed E-state index contributed by atoms with van der Waals surface area (Å²) in [6.07, 6.45) is 3.06. The Morgan fingerprint density at radius 2 is 2.55 bits per heavy atom. The lowest BCUT2D eigenvalue weighted by atomic mass is 10.3. The highest BCUT2D eigenvalue weighted by Crippen LogP contribution is 2.10. The van der Waals surface area contributed by atoms with Gasteiger partial charge in [-0.2, -0.15) is 0 Å². The largest absolute Gasteiger partial charge is 0.388 e. The molecular weight excluding hydrogens is 158 g/mol. The van der Waals surface area contributed by atoms with Gasteiger partial charge in [0.15, 0.2) is 0 Å². The highest BCUT2D eigenvalue weighted by molar-refractivity contribution is 7.10. The lowest BCUT2D eigenvalue weighted by molar-refractivity contribution is 0.232. The predicted octanol–water partition coefficient (Wildman–Crippen LogP) is 1.08. The van der Waals surface area contributed by atoms with E-state index < -0.39 is 6.10 Å². The molecule has 3 heteroatoms. The monoisotopic (exact) mass is 169 g/mol. The van der Waals surface area contributed by atoms with E-state index in [4.69, 9.17) is 10.8 Å². The number of nitrogens with two attached hydrogens (primary N) is 1. The predicted molar refractivity (Wildman–Crippen MR) is 48.4 cm³/mol. The van der Waals surface area contributed by atoms with Gasteiger partial charge in [0.25, 0.3) is 0 Å². The van der Waals surface area contributed by atoms with Crippen molar-refractivity contribution < 1.29 is 5.11 Å². The molecule has 11 heavy (non-hydrogen) atoms. The minimum atomic E-state index is -0.517. The van der Waals surface area contributed by atoms with Crippen molar-refractivity contribution in [3.05, 3.63) is 28.5 Å². The van der Waals surface area contributed by atoms with Gasteiger partial charge in [-0.1, -0.05) is 12.1 Å². The molecule has 3 N–H and O–H groups in total. The van der Waals surface area contributed by atoms with Crippen LogP contribution in [-0.2, 0) is 0 Å². The SMILES string of the molecule is NCC(O)/C=C/c1cccs1. The summed E-state index contributed by atoms with van der Waals surface area (Å²) in [4.78, 5) is 1.14. The second-order valence-corrected chi connectivity index (χ2v) is 3.16. The first-order chi connectivity index (χ1) is 5.33. The van der Waals surface area contributed by atoms with Crippen LogP contribution >= 0.6 is 11.3 Å². The van der Waals surface area contributed by atoms with E-state index in [1.54, 1.807) is 17.4 Å². The summed E-state index contributed by atoms with van der Waals surface area (Å²) in [6.45, 7) is 0.280. The van der Waals surface area contributed by atoms with Gasteiger partial charge in [-0.05, 0) is 17.5 Å². The van der Waals surface area contributed by atoms with Gasteiger partial charge in [0.1, 0.15) is 0 Å². The summed E-state index contributed by atoms with van der Waals surface area (Å²) in [5.74, 6) is 0. The van der Waals surface area contributed by atoms with Crippen LogP contribution in [0, 0.1) is 0 Å². The summed E-state index contributed by atoms with van der Waals surface area (Å²) in [5, 5.41) is 11.0. The van der Waals surface area contributed by atoms with Crippen molar-refractivity contribution >= 4 is 17.4 Å². The smallest absolute Gasteiger partial charge is 0.0846 e. The third-order valence-electron chi connectivity index (χ3n) is 1.27. The van der Waals surface area contributed by atoms with Crippen molar-refractivity contribution in [3.8, 4) is 0 Å². The molecule has 0 aliphatic heterocycles. The summed E-state index contributed by atoms with van der Waals surface area (Å²) >= 11 is 1.64. The maximum absolute atomic E-state index is 9.05. The van der Waals surface area contributed by atoms with E-state index in [1.165, 1.54) is 0 Å². The maximum atomic E-state index is 9.05. The molecule has 0 saturated carbocycles. The Morgan fingerprint density at radius 3 is 3.09 bits per heavy atom. The molecule has 0 aromatic carbocycles. The summed E-state index contributed by atoms with van der Waals surface area (Å²) < 4.78 is 0. The van der Waals surface area contributed by atoms with Crippen LogP contribution in [0.5, 0.6) is 0 Å². The van der Waals surface area contributed by atoms with E-state index in [0.29, 0.717) is 0 Å². The Labute approximate surface area is 70.0 Å². The van der Waals surface area contributed by atoms with Crippen molar-refractivity contribution in [2.75, 3.05) is 6.54 Å². The lowest BCUT2D eigenvalue weighted by Crippen LogP contribution is -2.16. The highest BCUT2D eigenvalue weighted by Gasteiger charge is 1.92. The Kier molecular flexibility index (Phi) is 3.29. The molecule has 0 saturated heterocycles. The van der Waals surface area contributed by atoms with Crippen molar-refractivity contribution in [2.24, 2.45) is 5.73 Å². The summed E-state index contributed by atoms with van der Waals surface area (Å²) in [5.41, 5.74) is 5.21. The quantitative estimate of drug-likeness (QED) is 0.711. The fraction of sp³-hybridized carbons (Fsp3) is 0.250. The van der Waals surface area contributed by atoms with Gasteiger partial charge in [0.05, 0.1) is 6.10 Å². The van der Waals surface area contributed by atoms with Crippen LogP contribution in [0.1, 0.15) is 4.88 Å². The van der Waals surface area contributed by atoms with Crippen LogP contribution in [0.4, 0.5) is 0 Å². The fourth-order valence-corrected chi connectivity index (χ4v) is 1.30. The van der Waals surface area contributed by atoms with E-state index in [2.05, 4.69) is 0 Å². The molecule has 60 valence electrons. The van der Waals surface area contributed by atoms with E-state index in [1.807, 2.05) is 23.6 Å². The molecule has 0 aliphatic carbocycles. The average Bonchev–Trinajstić information content (AvgIpc) is 2.52. The summed E-state index contributed by atoms with van der Waals surface area (Å²) in [7, 11) is 0. The molecule has 1 heterocycles. The van der Waals surface area contributed by atoms with Gasteiger partial charge in [-0.25, -0.2) is 0 Å². The molecule has 1 rings (SSSR count). The number of aliphatic hydroxyl groups is 1. The zero-order valence-corrected chi connectivity index (χ0v) is 6.92. The van der Waals surface area contributed by atoms with Crippen molar-refractivity contribution in [1.82, 2.24) is 0 Å². The van der Waals surface area contributed by atoms with Crippen LogP contribution in [0.25, 0.3) is 6.08 Å². The van der Waals surface area contributed by atoms with E-state index >= 15 is 0 Å². The van der Waals surface area contributed by atoms with Gasteiger partial charge in [-0.3, -0.25) is 0 Å². The zero-order valence-electron chi connectivity index (χ0n) is 6.10. The minimum absolute atomic E-state index is 0.280. The molecule has 0 aliphatic rings. The first kappa shape index (κ1) is 8.46. The van der Waals surface area contributed by atoms with Gasteiger partial charge in [0.2, 0.25) is 0 Å². The van der Waals surface area contributed by atoms with Crippen LogP contribution < -0.4 is 5.73 Å². The van der Waals surface area contributed by atoms with E-state index in [9.17, 15) is 0 Å². The Morgan fingerprint density at radius 1 is 1.73 bits per heavy atom. The molecule has 1 unspecified atom stereocenters. The maximum Gasteiger partial charge on any atom is 0.0846 e. The average molecular weight is 169 g/mol. The van der Waals surface area contributed by atoms with E-state index in [0.717, 1.165) is 4.88 Å².